The van der Waals surface area contributed by atoms with E-state index in [0.29, 0.717) is 31.9 Å². The van der Waals surface area contributed by atoms with Gasteiger partial charge in [0.05, 0.1) is 20.1 Å². The fraction of sp³-hybridized carbons (Fsp3) is 0.500. The van der Waals surface area contributed by atoms with Crippen LogP contribution in [0.1, 0.15) is 24.0 Å². The summed E-state index contributed by atoms with van der Waals surface area (Å²) in [6.45, 7) is 5.99. The van der Waals surface area contributed by atoms with Gasteiger partial charge >= 0.3 is 0 Å². The molecular formula is C20H26N2O4. The first-order valence-corrected chi connectivity index (χ1v) is 9.01. The maximum Gasteiger partial charge on any atom is 0.245 e. The quantitative estimate of drug-likeness (QED) is 0.773. The minimum absolute atomic E-state index is 0.0941. The highest BCUT2D eigenvalue weighted by Crippen LogP contribution is 2.34. The number of benzene rings is 1. The van der Waals surface area contributed by atoms with E-state index in [0.717, 1.165) is 30.6 Å². The van der Waals surface area contributed by atoms with Gasteiger partial charge in [-0.15, -0.1) is 0 Å². The molecule has 6 nitrogen and oxygen atoms in total. The molecule has 0 radical (unpaired) electrons. The minimum Gasteiger partial charge on any atom is -0.493 e. The normalized spacial score (nSPS) is 19.5. The van der Waals surface area contributed by atoms with Gasteiger partial charge in [-0.3, -0.25) is 9.59 Å². The number of carbonyl (C=O) groups excluding carboxylic acids is 2. The Bertz CT molecular complexity index is 716. The molecule has 6 heteroatoms. The van der Waals surface area contributed by atoms with Crippen LogP contribution in [0.25, 0.3) is 0 Å². The largest absolute Gasteiger partial charge is 0.493 e. The lowest BCUT2D eigenvalue weighted by Crippen LogP contribution is -2.47. The van der Waals surface area contributed by atoms with Gasteiger partial charge in [-0.25, -0.2) is 0 Å². The van der Waals surface area contributed by atoms with Crippen molar-refractivity contribution in [2.75, 3.05) is 33.9 Å². The summed E-state index contributed by atoms with van der Waals surface area (Å²) in [6.07, 6.45) is 3.80. The highest BCUT2D eigenvalue weighted by molar-refractivity contribution is 5.88. The summed E-state index contributed by atoms with van der Waals surface area (Å²) in [5, 5.41) is 0. The van der Waals surface area contributed by atoms with Crippen molar-refractivity contribution >= 4 is 11.8 Å². The Morgan fingerprint density at radius 1 is 1.12 bits per heavy atom. The Morgan fingerprint density at radius 3 is 2.46 bits per heavy atom. The van der Waals surface area contributed by atoms with Gasteiger partial charge in [0.2, 0.25) is 11.8 Å². The lowest BCUT2D eigenvalue weighted by molar-refractivity contribution is -0.140. The average molecular weight is 358 g/mol. The van der Waals surface area contributed by atoms with E-state index in [1.807, 2.05) is 17.0 Å². The predicted octanol–water partition coefficient (Wildman–Crippen LogP) is 2.01. The second kappa shape index (κ2) is 7.81. The number of hydrogen-bond acceptors (Lipinski definition) is 4. The van der Waals surface area contributed by atoms with Crippen LogP contribution in [-0.2, 0) is 22.6 Å². The van der Waals surface area contributed by atoms with Crippen LogP contribution in [0, 0.1) is 5.92 Å². The Hall–Kier alpha value is -2.50. The monoisotopic (exact) mass is 358 g/mol. The molecule has 0 spiro atoms. The van der Waals surface area contributed by atoms with Crippen molar-refractivity contribution in [3.8, 4) is 11.5 Å². The highest BCUT2D eigenvalue weighted by Gasteiger charge is 2.32. The molecule has 0 saturated carbocycles. The van der Waals surface area contributed by atoms with Crippen LogP contribution in [0.3, 0.4) is 0 Å². The van der Waals surface area contributed by atoms with Crippen molar-refractivity contribution in [1.29, 1.82) is 0 Å². The van der Waals surface area contributed by atoms with Gasteiger partial charge in [0.1, 0.15) is 0 Å². The van der Waals surface area contributed by atoms with Crippen molar-refractivity contribution in [3.63, 3.8) is 0 Å². The third-order valence-electron chi connectivity index (χ3n) is 5.29. The molecule has 0 aromatic heterocycles. The van der Waals surface area contributed by atoms with Gasteiger partial charge in [0.15, 0.2) is 11.5 Å². The van der Waals surface area contributed by atoms with Gasteiger partial charge in [-0.05, 0) is 48.6 Å². The van der Waals surface area contributed by atoms with Crippen molar-refractivity contribution in [2.24, 2.45) is 5.92 Å². The van der Waals surface area contributed by atoms with Crippen LogP contribution in [0.4, 0.5) is 0 Å². The summed E-state index contributed by atoms with van der Waals surface area (Å²) in [7, 11) is 3.24. The molecule has 140 valence electrons. The number of methoxy groups -OCH3 is 2. The van der Waals surface area contributed by atoms with Crippen LogP contribution >= 0.6 is 0 Å². The van der Waals surface area contributed by atoms with Crippen molar-refractivity contribution in [1.82, 2.24) is 9.80 Å². The van der Waals surface area contributed by atoms with E-state index in [2.05, 4.69) is 6.58 Å². The number of carbonyl (C=O) groups is 2. The molecule has 3 rings (SSSR count). The molecule has 1 aromatic carbocycles. The van der Waals surface area contributed by atoms with Crippen LogP contribution in [0.2, 0.25) is 0 Å². The summed E-state index contributed by atoms with van der Waals surface area (Å²) in [6, 6.07) is 3.96. The summed E-state index contributed by atoms with van der Waals surface area (Å²) in [5.74, 6) is 1.31. The molecule has 0 aliphatic carbocycles. The zero-order chi connectivity index (χ0) is 18.7. The van der Waals surface area contributed by atoms with Gasteiger partial charge in [0, 0.05) is 26.2 Å². The predicted molar refractivity (Wildman–Crippen MR) is 98.2 cm³/mol. The lowest BCUT2D eigenvalue weighted by atomic mass is 9.93. The van der Waals surface area contributed by atoms with Gasteiger partial charge in [-0.2, -0.15) is 0 Å². The number of hydrogen-bond donors (Lipinski definition) is 0. The SMILES string of the molecule is C=CC(=O)N1CCCC(C(=O)N2CCc3cc(OC)c(OC)cc3C2)C1. The zero-order valence-electron chi connectivity index (χ0n) is 15.5. The minimum atomic E-state index is -0.130. The molecule has 2 aliphatic heterocycles. The van der Waals surface area contributed by atoms with Gasteiger partial charge in [0.25, 0.3) is 0 Å². The third-order valence-corrected chi connectivity index (χ3v) is 5.29. The number of piperidine rings is 1. The summed E-state index contributed by atoms with van der Waals surface area (Å²) < 4.78 is 10.8. The first-order valence-electron chi connectivity index (χ1n) is 9.01. The Kier molecular flexibility index (Phi) is 5.49. The molecule has 1 fully saturated rings. The lowest BCUT2D eigenvalue weighted by Gasteiger charge is -2.36. The summed E-state index contributed by atoms with van der Waals surface area (Å²) in [5.41, 5.74) is 2.29. The smallest absolute Gasteiger partial charge is 0.245 e. The Labute approximate surface area is 154 Å². The second-order valence-corrected chi connectivity index (χ2v) is 6.81. The fourth-order valence-electron chi connectivity index (χ4n) is 3.84. The van der Waals surface area contributed by atoms with Crippen molar-refractivity contribution in [2.45, 2.75) is 25.8 Å². The molecule has 1 saturated heterocycles. The number of rotatable bonds is 4. The number of likely N-dealkylation sites (tertiary alicyclic amines) is 1. The molecule has 2 aliphatic rings. The van der Waals surface area contributed by atoms with Crippen LogP contribution in [0.5, 0.6) is 11.5 Å². The van der Waals surface area contributed by atoms with E-state index >= 15 is 0 Å². The summed E-state index contributed by atoms with van der Waals surface area (Å²) in [4.78, 5) is 28.5. The molecule has 2 amide bonds. The van der Waals surface area contributed by atoms with Crippen LogP contribution < -0.4 is 9.47 Å². The molecule has 0 N–H and O–H groups in total. The number of fused-ring (bicyclic) bond motifs is 1. The van der Waals surface area contributed by atoms with Gasteiger partial charge < -0.3 is 19.3 Å². The Balaban J connectivity index is 1.72. The zero-order valence-corrected chi connectivity index (χ0v) is 15.5. The van der Waals surface area contributed by atoms with Gasteiger partial charge in [-0.1, -0.05) is 6.58 Å². The highest BCUT2D eigenvalue weighted by atomic mass is 16.5. The first-order chi connectivity index (χ1) is 12.6. The number of ether oxygens (including phenoxy) is 2. The molecule has 1 aromatic rings. The van der Waals surface area contributed by atoms with Crippen LogP contribution in [0.15, 0.2) is 24.8 Å². The third kappa shape index (κ3) is 3.54. The summed E-state index contributed by atoms with van der Waals surface area (Å²) >= 11 is 0. The van der Waals surface area contributed by atoms with E-state index < -0.39 is 0 Å². The maximum atomic E-state index is 13.0. The fourth-order valence-corrected chi connectivity index (χ4v) is 3.84. The molecule has 1 atom stereocenters. The van der Waals surface area contributed by atoms with E-state index in [4.69, 9.17) is 9.47 Å². The van der Waals surface area contributed by atoms with E-state index in [9.17, 15) is 9.59 Å². The molecule has 26 heavy (non-hydrogen) atoms. The van der Waals surface area contributed by atoms with Crippen molar-refractivity contribution in [3.05, 3.63) is 35.9 Å². The standard InChI is InChI=1S/C20H26N2O4/c1-4-19(23)21-8-5-6-15(12-21)20(24)22-9-7-14-10-17(25-2)18(26-3)11-16(14)13-22/h4,10-11,15H,1,5-9,12-13H2,2-3H3. The molecular weight excluding hydrogens is 332 g/mol. The Morgan fingerprint density at radius 2 is 1.81 bits per heavy atom. The molecule has 1 unspecified atom stereocenters. The van der Waals surface area contributed by atoms with Crippen molar-refractivity contribution < 1.29 is 19.1 Å². The topological polar surface area (TPSA) is 59.1 Å². The van der Waals surface area contributed by atoms with E-state index in [1.165, 1.54) is 11.6 Å². The molecule has 0 bridgehead atoms. The van der Waals surface area contributed by atoms with Crippen LogP contribution in [-0.4, -0.2) is 55.5 Å². The average Bonchev–Trinajstić information content (AvgIpc) is 2.71. The number of amides is 2. The second-order valence-electron chi connectivity index (χ2n) is 6.81. The first kappa shape index (κ1) is 18.3. The maximum absolute atomic E-state index is 13.0. The van der Waals surface area contributed by atoms with E-state index in [-0.39, 0.29) is 17.7 Å². The molecule has 2 heterocycles. The van der Waals surface area contributed by atoms with E-state index in [1.54, 1.807) is 19.1 Å². The number of nitrogens with zero attached hydrogens (tertiary/aromatic N) is 2.